The second kappa shape index (κ2) is 11.6. The van der Waals surface area contributed by atoms with Gasteiger partial charge >= 0.3 is 19.5 Å². The van der Waals surface area contributed by atoms with Gasteiger partial charge in [0.05, 0.1) is 19.9 Å². The maximum absolute atomic E-state index is 13.8. The summed E-state index contributed by atoms with van der Waals surface area (Å²) < 4.78 is 35.4. The van der Waals surface area contributed by atoms with Crippen LogP contribution in [0.1, 0.15) is 47.8 Å². The number of allylic oxidation sites excluding steroid dienone is 2. The molecule has 2 aromatic carbocycles. The Morgan fingerprint density at radius 2 is 2.00 bits per heavy atom. The lowest BCUT2D eigenvalue weighted by atomic mass is 9.95. The van der Waals surface area contributed by atoms with Crippen LogP contribution in [-0.2, 0) is 31.9 Å². The number of esters is 2. The first kappa shape index (κ1) is 27.3. The first-order valence-corrected chi connectivity index (χ1v) is 13.4. The van der Waals surface area contributed by atoms with Crippen LogP contribution >= 0.6 is 7.52 Å². The highest BCUT2D eigenvalue weighted by molar-refractivity contribution is 7.57. The molecule has 0 spiro atoms. The highest BCUT2D eigenvalue weighted by Gasteiger charge is 2.33. The van der Waals surface area contributed by atoms with Gasteiger partial charge in [0.1, 0.15) is 35.5 Å². The van der Waals surface area contributed by atoms with Crippen molar-refractivity contribution >= 4 is 19.5 Å². The summed E-state index contributed by atoms with van der Waals surface area (Å²) in [5.74, 6) is -0.438. The van der Waals surface area contributed by atoms with Crippen molar-refractivity contribution in [3.63, 3.8) is 0 Å². The zero-order valence-corrected chi connectivity index (χ0v) is 22.0. The smallest absolute Gasteiger partial charge is 0.342 e. The Labute approximate surface area is 210 Å². The number of hydrogen-bond donors (Lipinski definition) is 2. The Kier molecular flexibility index (Phi) is 8.82. The van der Waals surface area contributed by atoms with E-state index in [1.54, 1.807) is 51.1 Å². The van der Waals surface area contributed by atoms with Crippen molar-refractivity contribution in [2.24, 2.45) is 0 Å². The fraction of sp³-hybridized carbons (Fsp3) is 0.385. The summed E-state index contributed by atoms with van der Waals surface area (Å²) in [6.07, 6.45) is 1.98. The van der Waals surface area contributed by atoms with Gasteiger partial charge in [-0.15, -0.1) is 0 Å². The summed E-state index contributed by atoms with van der Waals surface area (Å²) >= 11 is 0. The van der Waals surface area contributed by atoms with Crippen molar-refractivity contribution in [1.82, 2.24) is 5.09 Å². The van der Waals surface area contributed by atoms with Crippen LogP contribution in [0.5, 0.6) is 17.2 Å². The van der Waals surface area contributed by atoms with E-state index in [1.165, 1.54) is 7.11 Å². The van der Waals surface area contributed by atoms with Gasteiger partial charge in [-0.1, -0.05) is 29.8 Å². The number of nitrogens with one attached hydrogen (secondary N) is 1. The molecule has 0 radical (unpaired) electrons. The van der Waals surface area contributed by atoms with Gasteiger partial charge in [-0.2, -0.15) is 0 Å². The predicted molar refractivity (Wildman–Crippen MR) is 135 cm³/mol. The number of carbonyl (C=O) groups excluding carboxylic acids is 2. The number of cyclic esters (lactones) is 1. The molecule has 0 fully saturated rings. The number of hydrogen-bond acceptors (Lipinski definition) is 8. The van der Waals surface area contributed by atoms with Crippen LogP contribution in [0.25, 0.3) is 0 Å². The van der Waals surface area contributed by atoms with Gasteiger partial charge in [0.2, 0.25) is 0 Å². The van der Waals surface area contributed by atoms with Gasteiger partial charge in [-0.05, 0) is 51.8 Å². The standard InChI is InChI=1S/C26H32NO8P/c1-6-33-25(29)18(4)27-36(31,35-19-10-8-7-9-11-19)15-16(2)12-13-20-23(28)22-21(14-34-26(22)30)17(3)24(20)32-5/h7-12,18,28H,6,13-15H2,1-5H3,(H,27,31)/b16-12+/t18-,36?/m0/s1. The zero-order chi connectivity index (χ0) is 26.5. The van der Waals surface area contributed by atoms with E-state index in [0.29, 0.717) is 28.2 Å². The maximum Gasteiger partial charge on any atom is 0.342 e. The van der Waals surface area contributed by atoms with Crippen molar-refractivity contribution in [3.8, 4) is 17.2 Å². The molecule has 2 aromatic rings. The van der Waals surface area contributed by atoms with E-state index in [2.05, 4.69) is 5.09 Å². The number of methoxy groups -OCH3 is 1. The summed E-state index contributed by atoms with van der Waals surface area (Å²) in [6.45, 7) is 7.13. The molecule has 1 unspecified atom stereocenters. The molecular weight excluding hydrogens is 485 g/mol. The molecule has 0 amide bonds. The average Bonchev–Trinajstić information content (AvgIpc) is 3.22. The van der Waals surface area contributed by atoms with Crippen LogP contribution in [0.2, 0.25) is 0 Å². The van der Waals surface area contributed by atoms with E-state index in [4.69, 9.17) is 18.7 Å². The minimum absolute atomic E-state index is 0.0132. The summed E-state index contributed by atoms with van der Waals surface area (Å²) in [4.78, 5) is 24.3. The molecule has 194 valence electrons. The largest absolute Gasteiger partial charge is 0.507 e. The number of aromatic hydroxyl groups is 1. The molecule has 36 heavy (non-hydrogen) atoms. The molecule has 10 heteroatoms. The number of phenolic OH excluding ortho intramolecular Hbond substituents is 1. The Hall–Kier alpha value is -3.29. The number of rotatable bonds is 11. The van der Waals surface area contributed by atoms with Gasteiger partial charge in [0, 0.05) is 11.1 Å². The third kappa shape index (κ3) is 6.09. The summed E-state index contributed by atoms with van der Waals surface area (Å²) in [7, 11) is -2.11. The van der Waals surface area contributed by atoms with E-state index >= 15 is 0 Å². The molecule has 1 aliphatic rings. The van der Waals surface area contributed by atoms with Gasteiger partial charge < -0.3 is 23.8 Å². The second-order valence-corrected chi connectivity index (χ2v) is 10.6. The van der Waals surface area contributed by atoms with E-state index in [0.717, 1.165) is 5.56 Å². The average molecular weight is 518 g/mol. The Bertz CT molecular complexity index is 1210. The molecule has 0 saturated heterocycles. The number of phenols is 1. The number of benzene rings is 2. The summed E-state index contributed by atoms with van der Waals surface area (Å²) in [5, 5.41) is 13.7. The van der Waals surface area contributed by atoms with Crippen LogP contribution in [0.4, 0.5) is 0 Å². The highest BCUT2D eigenvalue weighted by Crippen LogP contribution is 2.46. The van der Waals surface area contributed by atoms with Crippen molar-refractivity contribution < 1.29 is 38.0 Å². The van der Waals surface area contributed by atoms with Gasteiger partial charge in [0.15, 0.2) is 0 Å². The lowest BCUT2D eigenvalue weighted by Crippen LogP contribution is -2.35. The quantitative estimate of drug-likeness (QED) is 0.249. The molecule has 9 nitrogen and oxygen atoms in total. The molecule has 1 aliphatic heterocycles. The van der Waals surface area contributed by atoms with Crippen molar-refractivity contribution in [1.29, 1.82) is 0 Å². The fourth-order valence-electron chi connectivity index (χ4n) is 4.07. The maximum atomic E-state index is 13.8. The Morgan fingerprint density at radius 1 is 1.31 bits per heavy atom. The summed E-state index contributed by atoms with van der Waals surface area (Å²) in [5.41, 5.74) is 2.59. The second-order valence-electron chi connectivity index (χ2n) is 8.51. The number of para-hydroxylation sites is 1. The van der Waals surface area contributed by atoms with Crippen LogP contribution in [0.15, 0.2) is 42.0 Å². The molecule has 2 atom stereocenters. The first-order valence-electron chi connectivity index (χ1n) is 11.6. The lowest BCUT2D eigenvalue weighted by molar-refractivity contribution is -0.144. The van der Waals surface area contributed by atoms with Crippen LogP contribution in [-0.4, -0.2) is 43.0 Å². The van der Waals surface area contributed by atoms with Crippen LogP contribution < -0.4 is 14.3 Å². The summed E-state index contributed by atoms with van der Waals surface area (Å²) in [6, 6.07) is 7.82. The van der Waals surface area contributed by atoms with Crippen molar-refractivity contribution in [2.45, 2.75) is 46.8 Å². The molecular formula is C26H32NO8P. The Balaban J connectivity index is 1.88. The van der Waals surface area contributed by atoms with E-state index in [9.17, 15) is 19.3 Å². The van der Waals surface area contributed by atoms with E-state index < -0.39 is 25.5 Å². The normalized spacial score (nSPS) is 15.5. The van der Waals surface area contributed by atoms with Gasteiger partial charge in [0.25, 0.3) is 0 Å². The molecule has 0 aromatic heterocycles. The van der Waals surface area contributed by atoms with Crippen LogP contribution in [0, 0.1) is 6.92 Å². The van der Waals surface area contributed by atoms with Crippen molar-refractivity contribution in [3.05, 3.63) is 64.2 Å². The fourth-order valence-corrected chi connectivity index (χ4v) is 6.22. The van der Waals surface area contributed by atoms with E-state index in [-0.39, 0.29) is 37.1 Å². The molecule has 0 aliphatic carbocycles. The SMILES string of the molecule is CCOC(=O)[C@H](C)NP(=O)(C/C(C)=C/Cc1c(O)c2c(c(C)c1OC)COC2=O)Oc1ccccc1. The number of fused-ring (bicyclic) bond motifs is 1. The number of carbonyl (C=O) groups is 2. The first-order chi connectivity index (χ1) is 17.1. The van der Waals surface area contributed by atoms with Crippen molar-refractivity contribution in [2.75, 3.05) is 19.9 Å². The van der Waals surface area contributed by atoms with Crippen LogP contribution in [0.3, 0.4) is 0 Å². The minimum atomic E-state index is -3.60. The van der Waals surface area contributed by atoms with Gasteiger partial charge in [-0.3, -0.25) is 9.36 Å². The topological polar surface area (TPSA) is 120 Å². The molecule has 1 heterocycles. The molecule has 0 saturated carbocycles. The lowest BCUT2D eigenvalue weighted by Gasteiger charge is -2.24. The zero-order valence-electron chi connectivity index (χ0n) is 21.1. The minimum Gasteiger partial charge on any atom is -0.507 e. The third-order valence-corrected chi connectivity index (χ3v) is 7.99. The highest BCUT2D eigenvalue weighted by atomic mass is 31.2. The van der Waals surface area contributed by atoms with Gasteiger partial charge in [-0.25, -0.2) is 9.88 Å². The third-order valence-electron chi connectivity index (χ3n) is 5.79. The monoisotopic (exact) mass is 517 g/mol. The molecule has 0 bridgehead atoms. The Morgan fingerprint density at radius 3 is 2.64 bits per heavy atom. The molecule has 3 rings (SSSR count). The number of ether oxygens (including phenoxy) is 3. The predicted octanol–water partition coefficient (Wildman–Crippen LogP) is 4.68. The van der Waals surface area contributed by atoms with E-state index in [1.807, 2.05) is 13.0 Å². The molecule has 2 N–H and O–H groups in total.